The summed E-state index contributed by atoms with van der Waals surface area (Å²) in [5.74, 6) is 0.379. The van der Waals surface area contributed by atoms with E-state index < -0.39 is 0 Å². The highest BCUT2D eigenvalue weighted by Gasteiger charge is 2.40. The normalized spacial score (nSPS) is 22.9. The highest BCUT2D eigenvalue weighted by atomic mass is 16.7. The Bertz CT molecular complexity index is 615. The third kappa shape index (κ3) is 1.97. The molecule has 0 bridgehead atoms. The minimum atomic E-state index is -0.251. The molecule has 106 valence electrons. The molecule has 20 heavy (non-hydrogen) atoms. The van der Waals surface area contributed by atoms with Crippen LogP contribution in [0.15, 0.2) is 24.4 Å². The van der Waals surface area contributed by atoms with E-state index in [1.54, 1.807) is 0 Å². The van der Waals surface area contributed by atoms with Gasteiger partial charge in [0.25, 0.3) is 0 Å². The minimum Gasteiger partial charge on any atom is -0.361 e. The van der Waals surface area contributed by atoms with Crippen molar-refractivity contribution in [3.63, 3.8) is 0 Å². The average Bonchev–Trinajstić information content (AvgIpc) is 3.07. The van der Waals surface area contributed by atoms with Crippen LogP contribution < -0.4 is 0 Å². The highest BCUT2D eigenvalue weighted by molar-refractivity contribution is 5.84. The molecular formula is C17H21NO2. The van der Waals surface area contributed by atoms with Crippen LogP contribution in [0.25, 0.3) is 10.9 Å². The molecule has 2 heterocycles. The average molecular weight is 271 g/mol. The molecular weight excluding hydrogens is 250 g/mol. The molecule has 1 aliphatic carbocycles. The van der Waals surface area contributed by atoms with Gasteiger partial charge in [-0.05, 0) is 42.9 Å². The Labute approximate surface area is 119 Å². The lowest BCUT2D eigenvalue weighted by molar-refractivity contribution is -0.178. The van der Waals surface area contributed by atoms with E-state index in [4.69, 9.17) is 9.47 Å². The number of rotatable bonds is 1. The van der Waals surface area contributed by atoms with Crippen LogP contribution in [0.3, 0.4) is 0 Å². The molecule has 1 saturated carbocycles. The molecule has 2 aromatic rings. The van der Waals surface area contributed by atoms with Crippen molar-refractivity contribution in [3.05, 3.63) is 35.5 Å². The maximum absolute atomic E-state index is 5.82. The number of ether oxygens (including phenoxy) is 2. The first kappa shape index (κ1) is 12.4. The number of benzene rings is 1. The molecule has 1 aliphatic heterocycles. The summed E-state index contributed by atoms with van der Waals surface area (Å²) in [6, 6.07) is 6.68. The maximum atomic E-state index is 5.82. The third-order valence-corrected chi connectivity index (χ3v) is 4.87. The van der Waals surface area contributed by atoms with E-state index in [9.17, 15) is 0 Å². The van der Waals surface area contributed by atoms with Gasteiger partial charge in [0, 0.05) is 29.9 Å². The summed E-state index contributed by atoms with van der Waals surface area (Å²) in [7, 11) is 0. The molecule has 3 heteroatoms. The van der Waals surface area contributed by atoms with Crippen molar-refractivity contribution < 1.29 is 9.47 Å². The number of aromatic amines is 1. The van der Waals surface area contributed by atoms with Crippen LogP contribution in [-0.4, -0.2) is 24.0 Å². The first-order valence-corrected chi connectivity index (χ1v) is 7.61. The Balaban J connectivity index is 1.58. The van der Waals surface area contributed by atoms with Gasteiger partial charge in [-0.1, -0.05) is 12.1 Å². The fourth-order valence-corrected chi connectivity index (χ4v) is 3.75. The molecule has 1 spiro atoms. The molecule has 3 nitrogen and oxygen atoms in total. The Kier molecular flexibility index (Phi) is 2.86. The third-order valence-electron chi connectivity index (χ3n) is 4.87. The van der Waals surface area contributed by atoms with Crippen LogP contribution in [-0.2, 0) is 9.47 Å². The van der Waals surface area contributed by atoms with Gasteiger partial charge in [0.05, 0.1) is 13.2 Å². The lowest BCUT2D eigenvalue weighted by atomic mass is 9.81. The summed E-state index contributed by atoms with van der Waals surface area (Å²) < 4.78 is 11.6. The quantitative estimate of drug-likeness (QED) is 0.854. The van der Waals surface area contributed by atoms with Crippen LogP contribution in [0.2, 0.25) is 0 Å². The van der Waals surface area contributed by atoms with Crippen molar-refractivity contribution in [2.45, 2.75) is 44.3 Å². The Morgan fingerprint density at radius 1 is 1.15 bits per heavy atom. The van der Waals surface area contributed by atoms with Gasteiger partial charge >= 0.3 is 0 Å². The number of hydrogen-bond donors (Lipinski definition) is 1. The summed E-state index contributed by atoms with van der Waals surface area (Å²) in [4.78, 5) is 3.42. The first-order chi connectivity index (χ1) is 9.76. The summed E-state index contributed by atoms with van der Waals surface area (Å²) >= 11 is 0. The van der Waals surface area contributed by atoms with Crippen molar-refractivity contribution in [2.75, 3.05) is 13.2 Å². The predicted octanol–water partition coefficient (Wildman–Crippen LogP) is 3.88. The van der Waals surface area contributed by atoms with Crippen molar-refractivity contribution >= 4 is 10.9 Å². The lowest BCUT2D eigenvalue weighted by Crippen LogP contribution is -2.34. The number of H-pyrrole nitrogens is 1. The predicted molar refractivity (Wildman–Crippen MR) is 78.9 cm³/mol. The standard InChI is InChI=1S/C17H21NO2/c1-12-2-3-14-15(11-18-16(14)10-12)13-4-6-17(7-5-13)19-8-9-20-17/h2-3,10-11,13,18H,4-9H2,1H3. The van der Waals surface area contributed by atoms with Crippen molar-refractivity contribution in [3.8, 4) is 0 Å². The topological polar surface area (TPSA) is 34.2 Å². The van der Waals surface area contributed by atoms with Crippen LogP contribution in [0.5, 0.6) is 0 Å². The van der Waals surface area contributed by atoms with Gasteiger partial charge in [0.1, 0.15) is 0 Å². The van der Waals surface area contributed by atoms with Gasteiger partial charge in [0.2, 0.25) is 0 Å². The first-order valence-electron chi connectivity index (χ1n) is 7.61. The van der Waals surface area contributed by atoms with Gasteiger partial charge in [0.15, 0.2) is 5.79 Å². The van der Waals surface area contributed by atoms with Crippen LogP contribution in [0.1, 0.15) is 42.7 Å². The van der Waals surface area contributed by atoms with Crippen LogP contribution in [0.4, 0.5) is 0 Å². The molecule has 0 radical (unpaired) electrons. The van der Waals surface area contributed by atoms with Gasteiger partial charge in [-0.15, -0.1) is 0 Å². The molecule has 0 amide bonds. The second kappa shape index (κ2) is 4.61. The summed E-state index contributed by atoms with van der Waals surface area (Å²) in [5, 5.41) is 1.38. The number of aryl methyl sites for hydroxylation is 1. The van der Waals surface area contributed by atoms with E-state index in [0.29, 0.717) is 5.92 Å². The van der Waals surface area contributed by atoms with Crippen molar-refractivity contribution in [1.82, 2.24) is 4.98 Å². The molecule has 4 rings (SSSR count). The molecule has 2 aliphatic rings. The van der Waals surface area contributed by atoms with Crippen molar-refractivity contribution in [1.29, 1.82) is 0 Å². The van der Waals surface area contributed by atoms with E-state index in [2.05, 4.69) is 36.3 Å². The second-order valence-electron chi connectivity index (χ2n) is 6.17. The van der Waals surface area contributed by atoms with Gasteiger partial charge in [-0.3, -0.25) is 0 Å². The summed E-state index contributed by atoms with van der Waals surface area (Å²) in [6.07, 6.45) is 6.55. The van der Waals surface area contributed by atoms with E-state index in [-0.39, 0.29) is 5.79 Å². The number of aromatic nitrogens is 1. The lowest BCUT2D eigenvalue weighted by Gasteiger charge is -2.35. The fraction of sp³-hybridized carbons (Fsp3) is 0.529. The van der Waals surface area contributed by atoms with Crippen LogP contribution in [0, 0.1) is 6.92 Å². The zero-order valence-corrected chi connectivity index (χ0v) is 11.9. The fourth-order valence-electron chi connectivity index (χ4n) is 3.75. The maximum Gasteiger partial charge on any atom is 0.168 e. The summed E-state index contributed by atoms with van der Waals surface area (Å²) in [6.45, 7) is 3.66. The molecule has 0 atom stereocenters. The van der Waals surface area contributed by atoms with E-state index in [0.717, 1.165) is 38.9 Å². The van der Waals surface area contributed by atoms with Crippen molar-refractivity contribution in [2.24, 2.45) is 0 Å². The molecule has 2 fully saturated rings. The Morgan fingerprint density at radius 2 is 1.90 bits per heavy atom. The molecule has 1 aromatic carbocycles. The monoisotopic (exact) mass is 271 g/mol. The molecule has 1 N–H and O–H groups in total. The van der Waals surface area contributed by atoms with E-state index in [1.807, 2.05) is 0 Å². The number of fused-ring (bicyclic) bond motifs is 1. The number of nitrogens with one attached hydrogen (secondary N) is 1. The molecule has 1 aromatic heterocycles. The van der Waals surface area contributed by atoms with E-state index >= 15 is 0 Å². The second-order valence-corrected chi connectivity index (χ2v) is 6.17. The van der Waals surface area contributed by atoms with Gasteiger partial charge in [-0.2, -0.15) is 0 Å². The Morgan fingerprint density at radius 3 is 2.65 bits per heavy atom. The summed E-state index contributed by atoms with van der Waals surface area (Å²) in [5.41, 5.74) is 4.03. The van der Waals surface area contributed by atoms with E-state index in [1.165, 1.54) is 22.0 Å². The largest absolute Gasteiger partial charge is 0.361 e. The van der Waals surface area contributed by atoms with Gasteiger partial charge in [-0.25, -0.2) is 0 Å². The number of hydrogen-bond acceptors (Lipinski definition) is 2. The van der Waals surface area contributed by atoms with Crippen LogP contribution >= 0.6 is 0 Å². The zero-order chi connectivity index (χ0) is 13.6. The molecule has 1 saturated heterocycles. The Hall–Kier alpha value is -1.32. The van der Waals surface area contributed by atoms with Gasteiger partial charge < -0.3 is 14.5 Å². The SMILES string of the molecule is Cc1ccc2c(C3CCC4(CC3)OCCO4)c[nH]c2c1. The highest BCUT2D eigenvalue weighted by Crippen LogP contribution is 2.43. The zero-order valence-electron chi connectivity index (χ0n) is 11.9. The smallest absolute Gasteiger partial charge is 0.168 e. The molecule has 0 unspecified atom stereocenters. The minimum absolute atomic E-state index is 0.251.